The lowest BCUT2D eigenvalue weighted by Gasteiger charge is -2.00. The summed E-state index contributed by atoms with van der Waals surface area (Å²) in [5.74, 6) is -0.0948. The van der Waals surface area contributed by atoms with Gasteiger partial charge in [0.1, 0.15) is 0 Å². The molecule has 0 bridgehead atoms. The molecule has 0 unspecified atom stereocenters. The quantitative estimate of drug-likeness (QED) is 0.312. The van der Waals surface area contributed by atoms with Gasteiger partial charge in [-0.25, -0.2) is 4.98 Å². The van der Waals surface area contributed by atoms with Crippen molar-refractivity contribution in [3.8, 4) is 17.4 Å². The van der Waals surface area contributed by atoms with E-state index in [1.165, 1.54) is 30.0 Å². The Hall–Kier alpha value is -3.19. The van der Waals surface area contributed by atoms with Crippen molar-refractivity contribution in [1.29, 1.82) is 0 Å². The van der Waals surface area contributed by atoms with Crippen LogP contribution in [0, 0.1) is 10.1 Å². The maximum absolute atomic E-state index is 10.8. The number of halogens is 1. The van der Waals surface area contributed by atoms with E-state index in [1.54, 1.807) is 0 Å². The molecule has 2 aromatic carbocycles. The van der Waals surface area contributed by atoms with Gasteiger partial charge in [0.15, 0.2) is 5.69 Å². The Morgan fingerprint density at radius 2 is 2.04 bits per heavy atom. The summed E-state index contributed by atoms with van der Waals surface area (Å²) in [6, 6.07) is 11.7. The molecule has 3 rings (SSSR count). The largest absolute Gasteiger partial charge is 0.479 e. The van der Waals surface area contributed by atoms with Gasteiger partial charge in [0, 0.05) is 17.7 Å². The lowest BCUT2D eigenvalue weighted by Crippen LogP contribution is -1.87. The Morgan fingerprint density at radius 1 is 1.29 bits per heavy atom. The molecule has 0 radical (unpaired) electrons. The Morgan fingerprint density at radius 3 is 2.68 bits per heavy atom. The summed E-state index contributed by atoms with van der Waals surface area (Å²) in [6.45, 7) is 2.15. The molecular weight excluding hydrogens is 382 g/mol. The predicted molar refractivity (Wildman–Crippen MR) is 108 cm³/mol. The van der Waals surface area contributed by atoms with E-state index in [2.05, 4.69) is 16.9 Å². The lowest BCUT2D eigenvalue weighted by atomic mass is 10.1. The Bertz CT molecular complexity index is 1010. The van der Waals surface area contributed by atoms with Gasteiger partial charge in [-0.2, -0.15) is 0 Å². The zero-order valence-corrected chi connectivity index (χ0v) is 15.9. The third kappa shape index (κ3) is 4.55. The molecular formula is C20H18ClN3O4. The highest BCUT2D eigenvalue weighted by molar-refractivity contribution is 6.33. The topological polar surface area (TPSA) is 102 Å². The first-order chi connectivity index (χ1) is 13.5. The van der Waals surface area contributed by atoms with E-state index in [0.29, 0.717) is 5.69 Å². The maximum atomic E-state index is 10.8. The van der Waals surface area contributed by atoms with Crippen LogP contribution in [0.5, 0.6) is 5.95 Å². The average Bonchev–Trinajstić information content (AvgIpc) is 3.06. The van der Waals surface area contributed by atoms with Crippen LogP contribution >= 0.6 is 11.6 Å². The molecule has 0 atom stereocenters. The molecule has 0 aliphatic carbocycles. The molecule has 3 aromatic rings. The van der Waals surface area contributed by atoms with Crippen molar-refractivity contribution in [3.05, 3.63) is 68.9 Å². The number of nitrogens with zero attached hydrogens (tertiary/aromatic N) is 3. The van der Waals surface area contributed by atoms with Crippen molar-refractivity contribution in [2.45, 2.75) is 26.2 Å². The predicted octanol–water partition coefficient (Wildman–Crippen LogP) is 5.70. The smallest absolute Gasteiger partial charge is 0.312 e. The zero-order valence-electron chi connectivity index (χ0n) is 15.1. The number of non-ortho nitro benzene ring substituents is 1. The second kappa shape index (κ2) is 8.67. The second-order valence-electron chi connectivity index (χ2n) is 6.16. The third-order valence-corrected chi connectivity index (χ3v) is 4.43. The standard InChI is InChI=1S/C20H18ClN3O4/c1-2-3-4-13-5-7-14(8-6-13)19-23-18(20(25)28-19)12-22-17-10-9-15(24(26)27)11-16(17)21/h5-12,25H,2-4H2,1H3. The number of benzene rings is 2. The van der Waals surface area contributed by atoms with Crippen LogP contribution in [-0.4, -0.2) is 21.2 Å². The molecule has 0 saturated carbocycles. The number of unbranched alkanes of at least 4 members (excludes halogenated alkanes) is 1. The SMILES string of the molecule is CCCCc1ccc(-c2nc(C=Nc3ccc([N+](=O)[O-])cc3Cl)c(O)o2)cc1. The summed E-state index contributed by atoms with van der Waals surface area (Å²) < 4.78 is 5.32. The summed E-state index contributed by atoms with van der Waals surface area (Å²) in [6.07, 6.45) is 4.58. The summed E-state index contributed by atoms with van der Waals surface area (Å²) >= 11 is 6.01. The molecule has 1 aromatic heterocycles. The molecule has 0 saturated heterocycles. The Balaban J connectivity index is 1.79. The fraction of sp³-hybridized carbons (Fsp3) is 0.200. The number of hydrogen-bond donors (Lipinski definition) is 1. The molecule has 0 fully saturated rings. The van der Waals surface area contributed by atoms with Gasteiger partial charge in [0.2, 0.25) is 5.89 Å². The van der Waals surface area contributed by atoms with Crippen LogP contribution in [-0.2, 0) is 6.42 Å². The third-order valence-electron chi connectivity index (χ3n) is 4.12. The molecule has 7 nitrogen and oxygen atoms in total. The summed E-state index contributed by atoms with van der Waals surface area (Å²) in [4.78, 5) is 18.6. The number of nitro benzene ring substituents is 1. The number of aromatic hydroxyl groups is 1. The highest BCUT2D eigenvalue weighted by Crippen LogP contribution is 2.30. The van der Waals surface area contributed by atoms with Gasteiger partial charge >= 0.3 is 5.95 Å². The molecule has 1 N–H and O–H groups in total. The molecule has 0 amide bonds. The zero-order chi connectivity index (χ0) is 20.1. The van der Waals surface area contributed by atoms with Gasteiger partial charge in [0.05, 0.1) is 21.8 Å². The van der Waals surface area contributed by atoms with Crippen LogP contribution in [0.25, 0.3) is 11.5 Å². The normalized spacial score (nSPS) is 11.2. The van der Waals surface area contributed by atoms with Crippen molar-refractivity contribution in [3.63, 3.8) is 0 Å². The Labute approximate surface area is 166 Å². The first kappa shape index (κ1) is 19.6. The Kier molecular flexibility index (Phi) is 6.06. The molecule has 144 valence electrons. The number of aryl methyl sites for hydroxylation is 1. The molecule has 8 heteroatoms. The molecule has 0 aliphatic rings. The number of aliphatic imine (C=N–C) groups is 1. The van der Waals surface area contributed by atoms with Gasteiger partial charge < -0.3 is 9.52 Å². The van der Waals surface area contributed by atoms with Crippen LogP contribution in [0.1, 0.15) is 31.0 Å². The van der Waals surface area contributed by atoms with E-state index < -0.39 is 4.92 Å². The summed E-state index contributed by atoms with van der Waals surface area (Å²) in [5, 5.41) is 20.9. The van der Waals surface area contributed by atoms with E-state index >= 15 is 0 Å². The molecule has 0 aliphatic heterocycles. The highest BCUT2D eigenvalue weighted by Gasteiger charge is 2.13. The fourth-order valence-corrected chi connectivity index (χ4v) is 2.79. The van der Waals surface area contributed by atoms with Gasteiger partial charge in [0.25, 0.3) is 5.69 Å². The van der Waals surface area contributed by atoms with Crippen LogP contribution < -0.4 is 0 Å². The molecule has 0 spiro atoms. The van der Waals surface area contributed by atoms with Crippen molar-refractivity contribution >= 4 is 29.2 Å². The maximum Gasteiger partial charge on any atom is 0.312 e. The van der Waals surface area contributed by atoms with Gasteiger partial charge in [-0.05, 0) is 36.6 Å². The van der Waals surface area contributed by atoms with E-state index in [9.17, 15) is 15.2 Å². The van der Waals surface area contributed by atoms with Crippen molar-refractivity contribution in [2.75, 3.05) is 0 Å². The number of aromatic nitrogens is 1. The van der Waals surface area contributed by atoms with Crippen LogP contribution in [0.2, 0.25) is 5.02 Å². The van der Waals surface area contributed by atoms with Crippen molar-refractivity contribution in [2.24, 2.45) is 4.99 Å². The van der Waals surface area contributed by atoms with E-state index in [0.717, 1.165) is 24.8 Å². The summed E-state index contributed by atoms with van der Waals surface area (Å²) in [7, 11) is 0. The molecule has 1 heterocycles. The van der Waals surface area contributed by atoms with Gasteiger partial charge in [-0.3, -0.25) is 15.1 Å². The van der Waals surface area contributed by atoms with Crippen LogP contribution in [0.15, 0.2) is 51.9 Å². The van der Waals surface area contributed by atoms with Crippen molar-refractivity contribution < 1.29 is 14.4 Å². The highest BCUT2D eigenvalue weighted by atomic mass is 35.5. The van der Waals surface area contributed by atoms with E-state index in [1.807, 2.05) is 24.3 Å². The fourth-order valence-electron chi connectivity index (χ4n) is 2.57. The number of hydrogen-bond acceptors (Lipinski definition) is 6. The summed E-state index contributed by atoms with van der Waals surface area (Å²) in [5.41, 5.74) is 2.30. The number of oxazole rings is 1. The minimum absolute atomic E-state index is 0.122. The first-order valence-corrected chi connectivity index (χ1v) is 9.13. The minimum Gasteiger partial charge on any atom is -0.479 e. The number of nitro groups is 1. The van der Waals surface area contributed by atoms with E-state index in [-0.39, 0.29) is 28.2 Å². The second-order valence-corrected chi connectivity index (χ2v) is 6.57. The first-order valence-electron chi connectivity index (χ1n) is 8.75. The molecule has 28 heavy (non-hydrogen) atoms. The van der Waals surface area contributed by atoms with Crippen LogP contribution in [0.3, 0.4) is 0 Å². The minimum atomic E-state index is -0.539. The van der Waals surface area contributed by atoms with Gasteiger partial charge in [-0.15, -0.1) is 0 Å². The number of rotatable bonds is 7. The van der Waals surface area contributed by atoms with Gasteiger partial charge in [-0.1, -0.05) is 37.1 Å². The van der Waals surface area contributed by atoms with E-state index in [4.69, 9.17) is 16.0 Å². The van der Waals surface area contributed by atoms with Crippen LogP contribution in [0.4, 0.5) is 11.4 Å². The lowest BCUT2D eigenvalue weighted by molar-refractivity contribution is -0.384. The average molecular weight is 400 g/mol. The van der Waals surface area contributed by atoms with Crippen molar-refractivity contribution in [1.82, 2.24) is 4.98 Å². The monoisotopic (exact) mass is 399 g/mol.